The van der Waals surface area contributed by atoms with Gasteiger partial charge in [0.05, 0.1) is 11.3 Å². The van der Waals surface area contributed by atoms with E-state index in [4.69, 9.17) is 9.40 Å². The van der Waals surface area contributed by atoms with Crippen LogP contribution in [-0.4, -0.2) is 15.9 Å². The Bertz CT molecular complexity index is 1850. The third-order valence-corrected chi connectivity index (χ3v) is 10.6. The van der Waals surface area contributed by atoms with Crippen LogP contribution in [-0.2, 0) is 30.3 Å². The van der Waals surface area contributed by atoms with Gasteiger partial charge in [-0.3, -0.25) is 4.79 Å². The molecule has 1 N–H and O–H groups in total. The van der Waals surface area contributed by atoms with E-state index in [1.54, 1.807) is 0 Å². The molecule has 0 unspecified atom stereocenters. The van der Waals surface area contributed by atoms with E-state index in [2.05, 4.69) is 76.2 Å². The maximum absolute atomic E-state index is 11.8. The number of benzene rings is 3. The molecule has 2 aromatic heterocycles. The van der Waals surface area contributed by atoms with Crippen molar-refractivity contribution in [3.05, 3.63) is 89.8 Å². The van der Waals surface area contributed by atoms with Crippen LogP contribution in [0.15, 0.2) is 77.0 Å². The van der Waals surface area contributed by atoms with Crippen molar-refractivity contribution in [1.82, 2.24) is 4.98 Å². The zero-order valence-electron chi connectivity index (χ0n) is 27.6. The Morgan fingerprint density at radius 3 is 2.30 bits per heavy atom. The number of aliphatic hydroxyl groups excluding tert-OH is 1. The summed E-state index contributed by atoms with van der Waals surface area (Å²) < 4.78 is 6.28. The molecule has 2 heterocycles. The van der Waals surface area contributed by atoms with E-state index in [1.165, 1.54) is 42.7 Å². The second kappa shape index (κ2) is 14.7. The second-order valence-electron chi connectivity index (χ2n) is 13.5. The predicted molar refractivity (Wildman–Crippen MR) is 186 cm³/mol. The molecule has 0 spiro atoms. The summed E-state index contributed by atoms with van der Waals surface area (Å²) >= 11 is 0. The fourth-order valence-electron chi connectivity index (χ4n) is 7.29. The first-order chi connectivity index (χ1) is 21.8. The fourth-order valence-corrected chi connectivity index (χ4v) is 7.29. The van der Waals surface area contributed by atoms with E-state index in [1.807, 2.05) is 18.3 Å². The van der Waals surface area contributed by atoms with Crippen LogP contribution in [0.25, 0.3) is 44.0 Å². The van der Waals surface area contributed by atoms with Crippen molar-refractivity contribution in [2.75, 3.05) is 0 Å². The molecule has 0 saturated heterocycles. The van der Waals surface area contributed by atoms with Crippen molar-refractivity contribution in [3.8, 4) is 11.3 Å². The van der Waals surface area contributed by atoms with Crippen LogP contribution < -0.4 is 0 Å². The Balaban J connectivity index is 0.000000220. The molecular weight excluding hydrogens is 747 g/mol. The number of carbonyl (C=O) groups excluding carboxylic acids is 1. The first-order valence-electron chi connectivity index (χ1n) is 17.0. The molecule has 7 rings (SSSR count). The summed E-state index contributed by atoms with van der Waals surface area (Å²) in [6.07, 6.45) is 14.6. The summed E-state index contributed by atoms with van der Waals surface area (Å²) in [5, 5.41) is 14.4. The van der Waals surface area contributed by atoms with Gasteiger partial charge in [-0.2, -0.15) is 0 Å². The van der Waals surface area contributed by atoms with Gasteiger partial charge in [0.2, 0.25) is 0 Å². The molecule has 2 fully saturated rings. The molecule has 46 heavy (non-hydrogen) atoms. The van der Waals surface area contributed by atoms with Crippen LogP contribution in [0.4, 0.5) is 0 Å². The standard InChI is InChI=1S/C28H26NO.C13H20O2.Ir/c1-5-28(4,6-2)20-11-12-21-19(17-20)13-14-29-26(21)24-16-18(3)15-23-22-9-7-8-10-25(22)30-27(23)24;14-12(10-5-1-2-6-10)9-13(15)11-7-3-4-8-11;/h7-15,17H,5-6H2,1-4H3;9-11,14H,1-8H2;/q-1;;/b;12-9-;. The molecule has 5 aromatic rings. The minimum atomic E-state index is 0. The Labute approximate surface area is 287 Å². The average molecular weight is 793 g/mol. The van der Waals surface area contributed by atoms with Crippen molar-refractivity contribution < 1.29 is 34.4 Å². The smallest absolute Gasteiger partial charge is 0.162 e. The van der Waals surface area contributed by atoms with Gasteiger partial charge >= 0.3 is 0 Å². The van der Waals surface area contributed by atoms with Crippen LogP contribution in [0.5, 0.6) is 0 Å². The van der Waals surface area contributed by atoms with Gasteiger partial charge in [0.15, 0.2) is 5.78 Å². The Hall–Kier alpha value is -3.27. The molecular formula is C41H46IrNO3-. The topological polar surface area (TPSA) is 63.3 Å². The predicted octanol–water partition coefficient (Wildman–Crippen LogP) is 11.4. The van der Waals surface area contributed by atoms with Gasteiger partial charge in [0.1, 0.15) is 5.58 Å². The number of hydrogen-bond acceptors (Lipinski definition) is 4. The number of ketones is 1. The van der Waals surface area contributed by atoms with Gasteiger partial charge in [0, 0.05) is 49.6 Å². The largest absolute Gasteiger partial charge is 0.512 e. The number of fused-ring (bicyclic) bond motifs is 4. The summed E-state index contributed by atoms with van der Waals surface area (Å²) in [6.45, 7) is 8.97. The number of rotatable bonds is 7. The number of pyridine rings is 1. The summed E-state index contributed by atoms with van der Waals surface area (Å²) in [5.74, 6) is 0.991. The number of aryl methyl sites for hydroxylation is 1. The third-order valence-electron chi connectivity index (χ3n) is 10.6. The van der Waals surface area contributed by atoms with Gasteiger partial charge in [0.25, 0.3) is 0 Å². The molecule has 2 saturated carbocycles. The van der Waals surface area contributed by atoms with Crippen LogP contribution in [0.1, 0.15) is 96.1 Å². The van der Waals surface area contributed by atoms with Gasteiger partial charge in [-0.15, -0.1) is 17.7 Å². The van der Waals surface area contributed by atoms with Crippen molar-refractivity contribution in [2.24, 2.45) is 11.8 Å². The molecule has 0 amide bonds. The van der Waals surface area contributed by atoms with Gasteiger partial charge in [-0.1, -0.05) is 101 Å². The van der Waals surface area contributed by atoms with E-state index in [-0.39, 0.29) is 43.1 Å². The number of nitrogens with zero attached hydrogens (tertiary/aromatic N) is 1. The number of aliphatic hydroxyl groups is 1. The first kappa shape index (κ1) is 34.1. The van der Waals surface area contributed by atoms with Gasteiger partial charge in [-0.25, -0.2) is 0 Å². The SMILES string of the molecule is CCC(C)(CC)c1ccc2c(-c3[c-]c(C)cc4c3oc3ccccc34)nccc2c1.O=C(/C=C(\O)C1CCCC1)C1CCCC1.[Ir]. The van der Waals surface area contributed by atoms with Crippen LogP contribution in [0.3, 0.4) is 0 Å². The minimum Gasteiger partial charge on any atom is -0.512 e. The van der Waals surface area contributed by atoms with Gasteiger partial charge < -0.3 is 14.5 Å². The van der Waals surface area contributed by atoms with Crippen molar-refractivity contribution in [1.29, 1.82) is 0 Å². The quantitative estimate of drug-likeness (QED) is 0.101. The average Bonchev–Trinajstić information content (AvgIpc) is 3.86. The van der Waals surface area contributed by atoms with E-state index in [0.717, 1.165) is 82.7 Å². The summed E-state index contributed by atoms with van der Waals surface area (Å²) in [6, 6.07) is 22.8. The Morgan fingerprint density at radius 1 is 0.935 bits per heavy atom. The van der Waals surface area contributed by atoms with E-state index < -0.39 is 0 Å². The zero-order chi connectivity index (χ0) is 31.6. The van der Waals surface area contributed by atoms with Crippen LogP contribution in [0, 0.1) is 24.8 Å². The minimum absolute atomic E-state index is 0. The van der Waals surface area contributed by atoms with Crippen LogP contribution in [0.2, 0.25) is 0 Å². The molecule has 2 aliphatic rings. The maximum atomic E-state index is 11.8. The number of carbonyl (C=O) groups is 1. The van der Waals surface area contributed by atoms with E-state index in [9.17, 15) is 9.90 Å². The number of aromatic nitrogens is 1. The van der Waals surface area contributed by atoms with Crippen molar-refractivity contribution in [3.63, 3.8) is 0 Å². The van der Waals surface area contributed by atoms with E-state index in [0.29, 0.717) is 5.76 Å². The molecule has 0 bridgehead atoms. The second-order valence-corrected chi connectivity index (χ2v) is 13.5. The Morgan fingerprint density at radius 2 is 1.61 bits per heavy atom. The first-order valence-corrected chi connectivity index (χ1v) is 17.0. The molecule has 1 radical (unpaired) electrons. The maximum Gasteiger partial charge on any atom is 0.162 e. The molecule has 5 heteroatoms. The zero-order valence-corrected chi connectivity index (χ0v) is 30.0. The Kier molecular flexibility index (Phi) is 10.9. The molecule has 4 nitrogen and oxygen atoms in total. The van der Waals surface area contributed by atoms with Gasteiger partial charge in [-0.05, 0) is 78.1 Å². The molecule has 0 atom stereocenters. The number of hydrogen-bond donors (Lipinski definition) is 1. The summed E-state index contributed by atoms with van der Waals surface area (Å²) in [5.41, 5.74) is 6.30. The van der Waals surface area contributed by atoms with E-state index >= 15 is 0 Å². The molecule has 3 aromatic carbocycles. The third kappa shape index (κ3) is 6.87. The number of allylic oxidation sites excluding steroid dienone is 2. The molecule has 0 aliphatic heterocycles. The summed E-state index contributed by atoms with van der Waals surface area (Å²) in [7, 11) is 0. The summed E-state index contributed by atoms with van der Waals surface area (Å²) in [4.78, 5) is 16.6. The number of furan rings is 1. The van der Waals surface area contributed by atoms with Crippen LogP contribution >= 0.6 is 0 Å². The number of para-hydroxylation sites is 1. The van der Waals surface area contributed by atoms with Crippen molar-refractivity contribution >= 4 is 38.5 Å². The molecule has 2 aliphatic carbocycles. The normalized spacial score (nSPS) is 16.1. The van der Waals surface area contributed by atoms with Crippen molar-refractivity contribution in [2.45, 2.75) is 97.3 Å². The fraction of sp³-hybridized carbons (Fsp3) is 0.415. The monoisotopic (exact) mass is 793 g/mol. The molecule has 243 valence electrons.